The topological polar surface area (TPSA) is 37.4 Å². The lowest BCUT2D eigenvalue weighted by atomic mass is 10.4. The smallest absolute Gasteiger partial charge is 0.207 e. The van der Waals surface area contributed by atoms with Crippen molar-refractivity contribution < 1.29 is 8.42 Å². The Morgan fingerprint density at radius 2 is 1.76 bits per heavy atom. The lowest BCUT2D eigenvalue weighted by Crippen LogP contribution is -2.32. The molecule has 7 heteroatoms. The molecule has 1 rings (SSSR count). The summed E-state index contributed by atoms with van der Waals surface area (Å²) in [7, 11) is -3.51. The van der Waals surface area contributed by atoms with Gasteiger partial charge in [-0.1, -0.05) is 37.0 Å². The van der Waals surface area contributed by atoms with E-state index in [0.29, 0.717) is 17.4 Å². The molecule has 0 saturated heterocycles. The van der Waals surface area contributed by atoms with Gasteiger partial charge in [0.05, 0.1) is 4.34 Å². The van der Waals surface area contributed by atoms with Gasteiger partial charge in [0.15, 0.2) is 0 Å². The van der Waals surface area contributed by atoms with Crippen LogP contribution in [0.1, 0.15) is 26.7 Å². The highest BCUT2D eigenvalue weighted by atomic mass is 35.5. The lowest BCUT2D eigenvalue weighted by molar-refractivity contribution is 0.410. The fourth-order valence-electron chi connectivity index (χ4n) is 1.49. The molecule has 0 aromatic carbocycles. The molecule has 0 radical (unpaired) electrons. The van der Waals surface area contributed by atoms with Gasteiger partial charge in [-0.05, 0) is 18.9 Å². The van der Waals surface area contributed by atoms with Gasteiger partial charge in [-0.15, -0.1) is 11.3 Å². The van der Waals surface area contributed by atoms with E-state index in [1.165, 1.54) is 10.4 Å². The molecule has 0 aliphatic heterocycles. The molecule has 0 fully saturated rings. The van der Waals surface area contributed by atoms with E-state index in [2.05, 4.69) is 0 Å². The molecule has 0 atom stereocenters. The third-order valence-electron chi connectivity index (χ3n) is 2.19. The summed E-state index contributed by atoms with van der Waals surface area (Å²) in [6.45, 7) is 4.89. The van der Waals surface area contributed by atoms with Crippen LogP contribution in [0, 0.1) is 0 Å². The van der Waals surface area contributed by atoms with E-state index in [-0.39, 0.29) is 9.23 Å². The summed E-state index contributed by atoms with van der Waals surface area (Å²) in [5.74, 6) is 0. The number of sulfonamides is 1. The fourth-order valence-corrected chi connectivity index (χ4v) is 5.23. The minimum atomic E-state index is -3.51. The molecule has 0 aliphatic rings. The minimum absolute atomic E-state index is 0.121. The molecular formula is C10H15Cl2NO2S2. The zero-order valence-corrected chi connectivity index (χ0v) is 12.9. The molecule has 17 heavy (non-hydrogen) atoms. The predicted octanol–water partition coefficient (Wildman–Crippen LogP) is 3.87. The first-order valence-corrected chi connectivity index (χ1v) is 8.39. The van der Waals surface area contributed by atoms with Crippen LogP contribution < -0.4 is 0 Å². The van der Waals surface area contributed by atoms with Gasteiger partial charge < -0.3 is 0 Å². The summed E-state index contributed by atoms with van der Waals surface area (Å²) < 4.78 is 26.7. The molecule has 0 bridgehead atoms. The number of thiophene rings is 1. The van der Waals surface area contributed by atoms with Crippen LogP contribution in [0.4, 0.5) is 0 Å². The van der Waals surface area contributed by atoms with Crippen molar-refractivity contribution in [1.82, 2.24) is 4.31 Å². The van der Waals surface area contributed by atoms with Gasteiger partial charge >= 0.3 is 0 Å². The van der Waals surface area contributed by atoms with E-state index in [9.17, 15) is 8.42 Å². The van der Waals surface area contributed by atoms with Crippen molar-refractivity contribution in [3.63, 3.8) is 0 Å². The predicted molar refractivity (Wildman–Crippen MR) is 73.7 cm³/mol. The van der Waals surface area contributed by atoms with Crippen molar-refractivity contribution in [2.24, 2.45) is 0 Å². The summed E-state index contributed by atoms with van der Waals surface area (Å²) in [6.07, 6.45) is 1.55. The van der Waals surface area contributed by atoms with Gasteiger partial charge in [-0.3, -0.25) is 0 Å². The van der Waals surface area contributed by atoms with E-state index in [4.69, 9.17) is 23.2 Å². The lowest BCUT2D eigenvalue weighted by Gasteiger charge is -2.20. The van der Waals surface area contributed by atoms with E-state index in [1.54, 1.807) is 0 Å². The SMILES string of the molecule is CCCN(CCC)S(=O)(=O)c1cc(Cl)sc1Cl. The quantitative estimate of drug-likeness (QED) is 0.799. The second kappa shape index (κ2) is 6.38. The van der Waals surface area contributed by atoms with Gasteiger partial charge in [0.2, 0.25) is 10.0 Å². The number of hydrogen-bond acceptors (Lipinski definition) is 3. The summed E-state index contributed by atoms with van der Waals surface area (Å²) in [4.78, 5) is 0.121. The molecule has 98 valence electrons. The van der Waals surface area contributed by atoms with Crippen LogP contribution in [0.15, 0.2) is 11.0 Å². The number of nitrogens with zero attached hydrogens (tertiary/aromatic N) is 1. The second-order valence-corrected chi connectivity index (χ2v) is 7.78. The molecule has 0 amide bonds. The van der Waals surface area contributed by atoms with Crippen LogP contribution in [0.3, 0.4) is 0 Å². The highest BCUT2D eigenvalue weighted by Crippen LogP contribution is 2.35. The zero-order chi connectivity index (χ0) is 13.1. The first kappa shape index (κ1) is 15.2. The summed E-state index contributed by atoms with van der Waals surface area (Å²) in [5, 5.41) is 0. The van der Waals surface area contributed by atoms with Crippen LogP contribution in [-0.2, 0) is 10.0 Å². The van der Waals surface area contributed by atoms with Crippen molar-refractivity contribution in [2.75, 3.05) is 13.1 Å². The number of hydrogen-bond donors (Lipinski definition) is 0. The van der Waals surface area contributed by atoms with E-state index in [0.717, 1.165) is 24.2 Å². The highest BCUT2D eigenvalue weighted by Gasteiger charge is 2.27. The third-order valence-corrected chi connectivity index (χ3v) is 5.84. The molecular weight excluding hydrogens is 301 g/mol. The van der Waals surface area contributed by atoms with Gasteiger partial charge in [0, 0.05) is 13.1 Å². The van der Waals surface area contributed by atoms with Gasteiger partial charge in [0.1, 0.15) is 9.23 Å². The van der Waals surface area contributed by atoms with Crippen LogP contribution in [0.25, 0.3) is 0 Å². The Morgan fingerprint density at radius 1 is 1.24 bits per heavy atom. The molecule has 0 saturated carbocycles. The summed E-state index contributed by atoms with van der Waals surface area (Å²) in [5.41, 5.74) is 0. The Balaban J connectivity index is 3.11. The molecule has 0 N–H and O–H groups in total. The fraction of sp³-hybridized carbons (Fsp3) is 0.600. The Bertz CT molecular complexity index is 465. The van der Waals surface area contributed by atoms with Crippen LogP contribution >= 0.6 is 34.5 Å². The van der Waals surface area contributed by atoms with Crippen molar-refractivity contribution in [3.05, 3.63) is 14.7 Å². The Kier molecular flexibility index (Phi) is 5.73. The van der Waals surface area contributed by atoms with Crippen LogP contribution in [-0.4, -0.2) is 25.8 Å². The van der Waals surface area contributed by atoms with Crippen molar-refractivity contribution in [2.45, 2.75) is 31.6 Å². The first-order chi connectivity index (χ1) is 7.93. The molecule has 0 unspecified atom stereocenters. The number of rotatable bonds is 6. The van der Waals surface area contributed by atoms with Gasteiger partial charge in [0.25, 0.3) is 0 Å². The minimum Gasteiger partial charge on any atom is -0.207 e. The average Bonchev–Trinajstić information content (AvgIpc) is 2.58. The molecule has 1 aromatic rings. The molecule has 1 aromatic heterocycles. The molecule has 3 nitrogen and oxygen atoms in total. The monoisotopic (exact) mass is 315 g/mol. The van der Waals surface area contributed by atoms with Crippen molar-refractivity contribution in [1.29, 1.82) is 0 Å². The normalized spacial score (nSPS) is 12.3. The second-order valence-electron chi connectivity index (χ2n) is 3.59. The molecule has 0 aliphatic carbocycles. The maximum atomic E-state index is 12.3. The molecule has 1 heterocycles. The zero-order valence-electron chi connectivity index (χ0n) is 9.74. The number of halogens is 2. The van der Waals surface area contributed by atoms with Crippen molar-refractivity contribution >= 4 is 44.6 Å². The summed E-state index contributed by atoms with van der Waals surface area (Å²) in [6, 6.07) is 1.42. The maximum Gasteiger partial charge on any atom is 0.245 e. The van der Waals surface area contributed by atoms with Crippen LogP contribution in [0.5, 0.6) is 0 Å². The highest BCUT2D eigenvalue weighted by molar-refractivity contribution is 7.89. The standard InChI is InChI=1S/C10H15Cl2NO2S2/c1-3-5-13(6-4-2)17(14,15)8-7-9(11)16-10(8)12/h7H,3-6H2,1-2H3. The van der Waals surface area contributed by atoms with Gasteiger partial charge in [-0.2, -0.15) is 4.31 Å². The molecule has 0 spiro atoms. The van der Waals surface area contributed by atoms with E-state index in [1.807, 2.05) is 13.8 Å². The Hall–Kier alpha value is 0.190. The largest absolute Gasteiger partial charge is 0.245 e. The van der Waals surface area contributed by atoms with Crippen LogP contribution in [0.2, 0.25) is 8.67 Å². The van der Waals surface area contributed by atoms with Crippen molar-refractivity contribution in [3.8, 4) is 0 Å². The third kappa shape index (κ3) is 3.58. The Morgan fingerprint density at radius 3 is 2.12 bits per heavy atom. The average molecular weight is 316 g/mol. The Labute approximate surface area is 116 Å². The van der Waals surface area contributed by atoms with E-state index >= 15 is 0 Å². The van der Waals surface area contributed by atoms with E-state index < -0.39 is 10.0 Å². The summed E-state index contributed by atoms with van der Waals surface area (Å²) >= 11 is 12.8. The first-order valence-electron chi connectivity index (χ1n) is 5.38. The van der Waals surface area contributed by atoms with Gasteiger partial charge in [-0.25, -0.2) is 8.42 Å². The maximum absolute atomic E-state index is 12.3.